The fourth-order valence-corrected chi connectivity index (χ4v) is 6.66. The molecule has 0 aliphatic carbocycles. The lowest BCUT2D eigenvalue weighted by atomic mass is 10.0. The molecule has 0 aromatic rings. The molecule has 0 heterocycles. The van der Waals surface area contributed by atoms with Crippen LogP contribution in [0.4, 0.5) is 0 Å². The Labute approximate surface area is 387 Å². The molecule has 0 spiro atoms. The van der Waals surface area contributed by atoms with Crippen molar-refractivity contribution in [1.29, 1.82) is 0 Å². The molecule has 0 amide bonds. The molecule has 63 heavy (non-hydrogen) atoms. The summed E-state index contributed by atoms with van der Waals surface area (Å²) in [4.78, 5) is 38.0. The molecule has 0 aliphatic heterocycles. The van der Waals surface area contributed by atoms with Crippen LogP contribution in [0.5, 0.6) is 0 Å². The second kappa shape index (κ2) is 50.7. The Hall–Kier alpha value is -3.93. The zero-order chi connectivity index (χ0) is 45.8. The number of esters is 3. The fraction of sp³-hybridized carbons (Fsp3) is 0.632. The zero-order valence-corrected chi connectivity index (χ0v) is 40.5. The molecule has 0 rings (SSSR count). The molecule has 6 heteroatoms. The summed E-state index contributed by atoms with van der Waals surface area (Å²) >= 11 is 0. The van der Waals surface area contributed by atoms with Crippen molar-refractivity contribution in [3.63, 3.8) is 0 Å². The van der Waals surface area contributed by atoms with Crippen molar-refractivity contribution >= 4 is 17.9 Å². The predicted molar refractivity (Wildman–Crippen MR) is 270 cm³/mol. The monoisotopic (exact) mass is 873 g/mol. The van der Waals surface area contributed by atoms with E-state index < -0.39 is 6.10 Å². The van der Waals surface area contributed by atoms with E-state index in [0.717, 1.165) is 96.3 Å². The summed E-state index contributed by atoms with van der Waals surface area (Å²) in [6, 6.07) is 0. The van der Waals surface area contributed by atoms with Gasteiger partial charge < -0.3 is 14.2 Å². The third kappa shape index (κ3) is 49.0. The van der Waals surface area contributed by atoms with Crippen LogP contribution < -0.4 is 0 Å². The third-order valence-electron chi connectivity index (χ3n) is 10.5. The van der Waals surface area contributed by atoms with Crippen molar-refractivity contribution < 1.29 is 28.6 Å². The molecule has 0 N–H and O–H groups in total. The van der Waals surface area contributed by atoms with Gasteiger partial charge in [-0.1, -0.05) is 246 Å². The average Bonchev–Trinajstić information content (AvgIpc) is 3.28. The number of carbonyl (C=O) groups is 3. The zero-order valence-electron chi connectivity index (χ0n) is 40.5. The maximum absolute atomic E-state index is 12.8. The first-order valence-electron chi connectivity index (χ1n) is 25.5. The number of rotatable bonds is 44. The third-order valence-corrected chi connectivity index (χ3v) is 10.5. The predicted octanol–water partition coefficient (Wildman–Crippen LogP) is 16.8. The van der Waals surface area contributed by atoms with E-state index in [0.29, 0.717) is 19.3 Å². The smallest absolute Gasteiger partial charge is 0.306 e. The molecular weight excluding hydrogens is 781 g/mol. The average molecular weight is 873 g/mol. The largest absolute Gasteiger partial charge is 0.462 e. The number of ether oxygens (including phenoxy) is 3. The molecule has 1 unspecified atom stereocenters. The number of unbranched alkanes of at least 4 members (excludes halogenated alkanes) is 22. The van der Waals surface area contributed by atoms with E-state index in [1.807, 2.05) is 66.8 Å². The normalized spacial score (nSPS) is 13.0. The summed E-state index contributed by atoms with van der Waals surface area (Å²) in [5.74, 6) is -0.971. The Morgan fingerprint density at radius 1 is 0.333 bits per heavy atom. The highest BCUT2D eigenvalue weighted by atomic mass is 16.6. The highest BCUT2D eigenvalue weighted by molar-refractivity contribution is 5.71. The highest BCUT2D eigenvalue weighted by Gasteiger charge is 2.19. The summed E-state index contributed by atoms with van der Waals surface area (Å²) in [7, 11) is 0. The van der Waals surface area contributed by atoms with Crippen molar-refractivity contribution in [2.45, 2.75) is 219 Å². The maximum Gasteiger partial charge on any atom is 0.306 e. The highest BCUT2D eigenvalue weighted by Crippen LogP contribution is 2.15. The van der Waals surface area contributed by atoms with Crippen molar-refractivity contribution in [2.75, 3.05) is 13.2 Å². The molecular formula is C57H92O6. The van der Waals surface area contributed by atoms with E-state index in [2.05, 4.69) is 63.3 Å². The Morgan fingerprint density at radius 2 is 0.651 bits per heavy atom. The summed E-state index contributed by atoms with van der Waals surface area (Å²) < 4.78 is 16.7. The van der Waals surface area contributed by atoms with Gasteiger partial charge in [0.2, 0.25) is 0 Å². The van der Waals surface area contributed by atoms with Crippen molar-refractivity contribution in [3.05, 3.63) is 109 Å². The lowest BCUT2D eigenvalue weighted by Crippen LogP contribution is -2.30. The van der Waals surface area contributed by atoms with E-state index >= 15 is 0 Å². The van der Waals surface area contributed by atoms with Crippen LogP contribution in [0.3, 0.4) is 0 Å². The quantitative estimate of drug-likeness (QED) is 0.0263. The summed E-state index contributed by atoms with van der Waals surface area (Å²) in [5, 5.41) is 0. The Balaban J connectivity index is 4.50. The first kappa shape index (κ1) is 59.1. The minimum Gasteiger partial charge on any atom is -0.462 e. The minimum absolute atomic E-state index is 0.105. The summed E-state index contributed by atoms with van der Waals surface area (Å²) in [6.45, 7) is 6.34. The molecule has 0 fully saturated rings. The fourth-order valence-electron chi connectivity index (χ4n) is 6.66. The Bertz CT molecular complexity index is 1330. The van der Waals surface area contributed by atoms with Gasteiger partial charge >= 0.3 is 17.9 Å². The SMILES string of the molecule is CC/C=C/C=C/C=C/C=C/CCCCCC(=O)OCC(COC(=O)CCCCCCC/C=C/C=C/C=C/C=C/C=C/CCC)OC(=O)CCCCCCCCCCCCCCCC. The second-order valence-corrected chi connectivity index (χ2v) is 16.6. The van der Waals surface area contributed by atoms with Crippen molar-refractivity contribution in [1.82, 2.24) is 0 Å². The van der Waals surface area contributed by atoms with E-state index in [4.69, 9.17) is 14.2 Å². The molecule has 0 aliphatic rings. The van der Waals surface area contributed by atoms with Gasteiger partial charge in [-0.2, -0.15) is 0 Å². The maximum atomic E-state index is 12.8. The number of carbonyl (C=O) groups excluding carboxylic acids is 3. The molecule has 0 saturated carbocycles. The van der Waals surface area contributed by atoms with Gasteiger partial charge in [0.05, 0.1) is 0 Å². The molecule has 0 bridgehead atoms. The molecule has 0 radical (unpaired) electrons. The van der Waals surface area contributed by atoms with Crippen LogP contribution in [0, 0.1) is 0 Å². The molecule has 0 aromatic carbocycles. The van der Waals surface area contributed by atoms with E-state index in [1.54, 1.807) is 0 Å². The van der Waals surface area contributed by atoms with Crippen molar-refractivity contribution in [3.8, 4) is 0 Å². The number of hydrogen-bond acceptors (Lipinski definition) is 6. The molecule has 6 nitrogen and oxygen atoms in total. The van der Waals surface area contributed by atoms with Crippen LogP contribution in [0.15, 0.2) is 109 Å². The standard InChI is InChI=1S/C57H92O6/c1-4-7-10-13-16-19-22-25-27-28-29-30-33-35-38-41-44-47-50-56(59)62-53-54(52-61-55(58)49-46-43-40-37-34-31-24-21-18-15-12-9-6-3)63-57(60)51-48-45-42-39-36-32-26-23-20-17-14-11-8-5-2/h9-10,12-13,15-16,18-19,21-22,24-25,27-31,34,54H,4-8,11,14,17,20,23,26,32-33,35-53H2,1-3H3/b12-9+,13-10+,18-15+,19-16+,24-21+,25-22+,28-27+,30-29+,34-31+. The van der Waals surface area contributed by atoms with Gasteiger partial charge in [-0.3, -0.25) is 14.4 Å². The van der Waals surface area contributed by atoms with Gasteiger partial charge in [0.15, 0.2) is 6.10 Å². The number of hydrogen-bond donors (Lipinski definition) is 0. The van der Waals surface area contributed by atoms with Gasteiger partial charge in [0, 0.05) is 19.3 Å². The Kier molecular flexibility index (Phi) is 47.5. The van der Waals surface area contributed by atoms with Gasteiger partial charge in [-0.05, 0) is 57.8 Å². The van der Waals surface area contributed by atoms with E-state index in [1.165, 1.54) is 77.0 Å². The molecule has 0 saturated heterocycles. The van der Waals surface area contributed by atoms with Crippen LogP contribution in [0.1, 0.15) is 213 Å². The topological polar surface area (TPSA) is 78.9 Å². The molecule has 356 valence electrons. The second-order valence-electron chi connectivity index (χ2n) is 16.6. The van der Waals surface area contributed by atoms with Gasteiger partial charge in [0.1, 0.15) is 13.2 Å². The Morgan fingerprint density at radius 3 is 1.05 bits per heavy atom. The van der Waals surface area contributed by atoms with E-state index in [-0.39, 0.29) is 31.1 Å². The molecule has 0 aromatic heterocycles. The number of allylic oxidation sites excluding steroid dienone is 18. The molecule has 1 atom stereocenters. The lowest BCUT2D eigenvalue weighted by Gasteiger charge is -2.18. The summed E-state index contributed by atoms with van der Waals surface area (Å²) in [6.07, 6.45) is 67.8. The van der Waals surface area contributed by atoms with Crippen LogP contribution in [-0.2, 0) is 28.6 Å². The first-order chi connectivity index (χ1) is 31.0. The van der Waals surface area contributed by atoms with Crippen LogP contribution in [0.25, 0.3) is 0 Å². The lowest BCUT2D eigenvalue weighted by molar-refractivity contribution is -0.167. The van der Waals surface area contributed by atoms with Crippen molar-refractivity contribution in [2.24, 2.45) is 0 Å². The van der Waals surface area contributed by atoms with Crippen LogP contribution in [-0.4, -0.2) is 37.2 Å². The van der Waals surface area contributed by atoms with Gasteiger partial charge in [-0.15, -0.1) is 0 Å². The van der Waals surface area contributed by atoms with Gasteiger partial charge in [-0.25, -0.2) is 0 Å². The first-order valence-corrected chi connectivity index (χ1v) is 25.5. The minimum atomic E-state index is -0.804. The van der Waals surface area contributed by atoms with Crippen LogP contribution in [0.2, 0.25) is 0 Å². The van der Waals surface area contributed by atoms with E-state index in [9.17, 15) is 14.4 Å². The van der Waals surface area contributed by atoms with Gasteiger partial charge in [0.25, 0.3) is 0 Å². The van der Waals surface area contributed by atoms with Crippen LogP contribution >= 0.6 is 0 Å². The summed E-state index contributed by atoms with van der Waals surface area (Å²) in [5.41, 5.74) is 0.